The average Bonchev–Trinajstić information content (AvgIpc) is 2.41. The highest BCUT2D eigenvalue weighted by Crippen LogP contribution is 2.14. The third-order valence-corrected chi connectivity index (χ3v) is 4.06. The summed E-state index contributed by atoms with van der Waals surface area (Å²) in [6, 6.07) is 2.60. The third-order valence-electron chi connectivity index (χ3n) is 4.06. The molecule has 2 heterocycles. The number of likely N-dealkylation sites (N-methyl/N-ethyl adjacent to an activating group) is 1. The van der Waals surface area contributed by atoms with E-state index in [9.17, 15) is 0 Å². The van der Waals surface area contributed by atoms with E-state index in [1.165, 1.54) is 0 Å². The van der Waals surface area contributed by atoms with Gasteiger partial charge >= 0.3 is 0 Å². The maximum atomic E-state index is 4.14. The molecule has 1 aliphatic rings. The fourth-order valence-electron chi connectivity index (χ4n) is 2.70. The highest BCUT2D eigenvalue weighted by Gasteiger charge is 2.24. The van der Waals surface area contributed by atoms with E-state index < -0.39 is 0 Å². The lowest BCUT2D eigenvalue weighted by Crippen LogP contribution is -2.52. The first-order valence-corrected chi connectivity index (χ1v) is 7.52. The predicted molar refractivity (Wildman–Crippen MR) is 83.0 cm³/mol. The number of rotatable bonds is 5. The van der Waals surface area contributed by atoms with Gasteiger partial charge in [0.2, 0.25) is 0 Å². The van der Waals surface area contributed by atoms with Crippen LogP contribution in [0.4, 0.5) is 5.82 Å². The van der Waals surface area contributed by atoms with Gasteiger partial charge in [0.1, 0.15) is 5.82 Å². The molecule has 1 N–H and O–H groups in total. The van der Waals surface area contributed by atoms with Crippen LogP contribution in [0.3, 0.4) is 0 Å². The maximum absolute atomic E-state index is 4.14. The van der Waals surface area contributed by atoms with E-state index >= 15 is 0 Å². The van der Waals surface area contributed by atoms with E-state index in [0.717, 1.165) is 44.1 Å². The van der Waals surface area contributed by atoms with Crippen LogP contribution in [0.1, 0.15) is 19.4 Å². The van der Waals surface area contributed by atoms with Crippen LogP contribution >= 0.6 is 0 Å². The smallest absolute Gasteiger partial charge is 0.148 e. The molecular formula is C15H27N5. The van der Waals surface area contributed by atoms with Gasteiger partial charge < -0.3 is 10.2 Å². The number of aromatic nitrogens is 2. The maximum Gasteiger partial charge on any atom is 0.148 e. The van der Waals surface area contributed by atoms with Crippen molar-refractivity contribution in [2.24, 2.45) is 5.92 Å². The van der Waals surface area contributed by atoms with Gasteiger partial charge in [0.25, 0.3) is 0 Å². The fraction of sp³-hybridized carbons (Fsp3) is 0.733. The van der Waals surface area contributed by atoms with Crippen molar-refractivity contribution in [2.45, 2.75) is 26.8 Å². The summed E-state index contributed by atoms with van der Waals surface area (Å²) >= 11 is 0. The minimum atomic E-state index is 0.547. The zero-order valence-electron chi connectivity index (χ0n) is 13.1. The Labute approximate surface area is 122 Å². The first-order valence-electron chi connectivity index (χ1n) is 7.52. The zero-order chi connectivity index (χ0) is 14.5. The lowest BCUT2D eigenvalue weighted by Gasteiger charge is -2.40. The van der Waals surface area contributed by atoms with Crippen LogP contribution in [0.25, 0.3) is 0 Å². The second-order valence-electron chi connectivity index (χ2n) is 6.15. The van der Waals surface area contributed by atoms with E-state index in [-0.39, 0.29) is 0 Å². The van der Waals surface area contributed by atoms with Crippen molar-refractivity contribution in [3.05, 3.63) is 17.8 Å². The molecule has 1 aromatic rings. The van der Waals surface area contributed by atoms with Gasteiger partial charge in [-0.1, -0.05) is 13.8 Å². The molecule has 20 heavy (non-hydrogen) atoms. The summed E-state index contributed by atoms with van der Waals surface area (Å²) in [6.45, 7) is 12.2. The summed E-state index contributed by atoms with van der Waals surface area (Å²) in [7, 11) is 2.20. The molecule has 0 aromatic carbocycles. The van der Waals surface area contributed by atoms with Crippen molar-refractivity contribution < 1.29 is 0 Å². The zero-order valence-corrected chi connectivity index (χ0v) is 13.1. The number of piperazine rings is 1. The van der Waals surface area contributed by atoms with Gasteiger partial charge in [-0.05, 0) is 31.5 Å². The van der Waals surface area contributed by atoms with Gasteiger partial charge in [-0.15, -0.1) is 5.10 Å². The largest absolute Gasteiger partial charge is 0.367 e. The van der Waals surface area contributed by atoms with Crippen LogP contribution < -0.4 is 5.32 Å². The van der Waals surface area contributed by atoms with Crippen molar-refractivity contribution in [1.29, 1.82) is 0 Å². The SMILES string of the molecule is Cc1cnnc(NCC(C(C)C)N2CCN(C)CC2)c1. The lowest BCUT2D eigenvalue weighted by molar-refractivity contribution is 0.0944. The normalized spacial score (nSPS) is 19.2. The molecule has 0 amide bonds. The van der Waals surface area contributed by atoms with Gasteiger partial charge in [-0.3, -0.25) is 4.90 Å². The molecule has 0 bridgehead atoms. The summed E-state index contributed by atoms with van der Waals surface area (Å²) in [4.78, 5) is 4.99. The van der Waals surface area contributed by atoms with E-state index in [2.05, 4.69) is 46.2 Å². The molecular weight excluding hydrogens is 250 g/mol. The molecule has 1 atom stereocenters. The van der Waals surface area contributed by atoms with E-state index in [1.54, 1.807) is 6.20 Å². The first-order chi connectivity index (χ1) is 9.56. The molecule has 2 rings (SSSR count). The monoisotopic (exact) mass is 277 g/mol. The molecule has 1 aliphatic heterocycles. The molecule has 1 aromatic heterocycles. The number of hydrogen-bond acceptors (Lipinski definition) is 5. The minimum absolute atomic E-state index is 0.547. The van der Waals surface area contributed by atoms with Crippen LogP contribution in [0, 0.1) is 12.8 Å². The summed E-state index contributed by atoms with van der Waals surface area (Å²) in [5.74, 6) is 1.51. The number of hydrogen-bond donors (Lipinski definition) is 1. The topological polar surface area (TPSA) is 44.3 Å². The molecule has 0 aliphatic carbocycles. The molecule has 1 saturated heterocycles. The first kappa shape index (κ1) is 15.2. The summed E-state index contributed by atoms with van der Waals surface area (Å²) in [6.07, 6.45) is 1.78. The van der Waals surface area contributed by atoms with Crippen LogP contribution in [0.2, 0.25) is 0 Å². The van der Waals surface area contributed by atoms with Crippen LogP contribution in [-0.4, -0.2) is 65.8 Å². The van der Waals surface area contributed by atoms with Gasteiger partial charge in [-0.2, -0.15) is 5.10 Å². The Hall–Kier alpha value is -1.20. The summed E-state index contributed by atoms with van der Waals surface area (Å²) < 4.78 is 0. The average molecular weight is 277 g/mol. The second kappa shape index (κ2) is 6.99. The molecule has 1 unspecified atom stereocenters. The van der Waals surface area contributed by atoms with Crippen molar-refractivity contribution in [1.82, 2.24) is 20.0 Å². The Bertz CT molecular complexity index is 412. The number of aryl methyl sites for hydroxylation is 1. The van der Waals surface area contributed by atoms with Crippen LogP contribution in [-0.2, 0) is 0 Å². The van der Waals surface area contributed by atoms with Crippen molar-refractivity contribution in [3.63, 3.8) is 0 Å². The van der Waals surface area contributed by atoms with Gasteiger partial charge in [0.15, 0.2) is 0 Å². The Morgan fingerprint density at radius 1 is 1.25 bits per heavy atom. The number of nitrogens with zero attached hydrogens (tertiary/aromatic N) is 4. The highest BCUT2D eigenvalue weighted by molar-refractivity contribution is 5.35. The second-order valence-corrected chi connectivity index (χ2v) is 6.15. The molecule has 112 valence electrons. The Kier molecular flexibility index (Phi) is 5.31. The molecule has 5 heteroatoms. The minimum Gasteiger partial charge on any atom is -0.367 e. The van der Waals surface area contributed by atoms with Crippen molar-refractivity contribution >= 4 is 5.82 Å². The highest BCUT2D eigenvalue weighted by atomic mass is 15.3. The van der Waals surface area contributed by atoms with Crippen LogP contribution in [0.5, 0.6) is 0 Å². The summed E-state index contributed by atoms with van der Waals surface area (Å²) in [5.41, 5.74) is 1.14. The Balaban J connectivity index is 1.92. The molecule has 5 nitrogen and oxygen atoms in total. The van der Waals surface area contributed by atoms with Crippen molar-refractivity contribution in [3.8, 4) is 0 Å². The number of anilines is 1. The van der Waals surface area contributed by atoms with Gasteiger partial charge in [0, 0.05) is 38.8 Å². The quantitative estimate of drug-likeness (QED) is 0.883. The van der Waals surface area contributed by atoms with Gasteiger partial charge in [-0.25, -0.2) is 0 Å². The van der Waals surface area contributed by atoms with E-state index in [4.69, 9.17) is 0 Å². The third kappa shape index (κ3) is 4.15. The standard InChI is InChI=1S/C15H27N5/c1-12(2)14(20-7-5-19(4)6-8-20)11-16-15-9-13(3)10-17-18-15/h9-10,12,14H,5-8,11H2,1-4H3,(H,16,18). The summed E-state index contributed by atoms with van der Waals surface area (Å²) in [5, 5.41) is 11.6. The molecule has 0 spiro atoms. The van der Waals surface area contributed by atoms with E-state index in [0.29, 0.717) is 12.0 Å². The number of nitrogens with one attached hydrogen (secondary N) is 1. The molecule has 1 fully saturated rings. The Morgan fingerprint density at radius 2 is 1.95 bits per heavy atom. The molecule has 0 radical (unpaired) electrons. The van der Waals surface area contributed by atoms with E-state index in [1.807, 2.05) is 13.0 Å². The fourth-order valence-corrected chi connectivity index (χ4v) is 2.70. The Morgan fingerprint density at radius 3 is 2.55 bits per heavy atom. The van der Waals surface area contributed by atoms with Crippen LogP contribution in [0.15, 0.2) is 12.3 Å². The predicted octanol–water partition coefficient (Wildman–Crippen LogP) is 1.47. The van der Waals surface area contributed by atoms with Gasteiger partial charge in [0.05, 0.1) is 6.20 Å². The lowest BCUT2D eigenvalue weighted by atomic mass is 10.0. The molecule has 0 saturated carbocycles. The van der Waals surface area contributed by atoms with Crippen molar-refractivity contribution in [2.75, 3.05) is 45.1 Å².